The molecule has 23 heavy (non-hydrogen) atoms. The molecule has 4 nitrogen and oxygen atoms in total. The van der Waals surface area contributed by atoms with E-state index in [1.165, 1.54) is 12.8 Å². The third-order valence-corrected chi connectivity index (χ3v) is 5.22. The maximum atomic E-state index is 12.4. The fourth-order valence-electron chi connectivity index (χ4n) is 4.44. The normalized spacial score (nSPS) is 32.0. The number of hydrogen-bond donors (Lipinski definition) is 0. The minimum absolute atomic E-state index is 0.233. The molecule has 2 rings (SSSR count). The first-order valence-corrected chi connectivity index (χ1v) is 9.40. The Hall–Kier alpha value is -1.06. The second kappa shape index (κ2) is 8.16. The zero-order chi connectivity index (χ0) is 17.0. The summed E-state index contributed by atoms with van der Waals surface area (Å²) in [6, 6.07) is 0. The van der Waals surface area contributed by atoms with Crippen LogP contribution in [0.5, 0.6) is 0 Å². The number of carbonyl (C=O) groups excluding carboxylic acids is 2. The van der Waals surface area contributed by atoms with Crippen LogP contribution in [-0.2, 0) is 9.59 Å². The number of nitrogens with zero attached hydrogens (tertiary/aromatic N) is 2. The summed E-state index contributed by atoms with van der Waals surface area (Å²) in [6.45, 7) is 12.4. The summed E-state index contributed by atoms with van der Waals surface area (Å²) in [7, 11) is 0. The molecule has 2 aliphatic rings. The van der Waals surface area contributed by atoms with E-state index in [0.717, 1.165) is 26.2 Å². The number of piperidine rings is 2. The standard InChI is InChI=1S/C19H34N2O2/c1-14-8-15(2)11-20(10-14)18(22)6-5-7-19(23)21-12-16(3)9-17(4)13-21/h14-17H,5-13H2,1-4H3/t14-,15-,16-,17-/m0/s1. The number of rotatable bonds is 4. The molecule has 0 aromatic carbocycles. The van der Waals surface area contributed by atoms with Crippen molar-refractivity contribution in [2.45, 2.75) is 59.8 Å². The fourth-order valence-corrected chi connectivity index (χ4v) is 4.44. The molecule has 0 radical (unpaired) electrons. The van der Waals surface area contributed by atoms with E-state index in [2.05, 4.69) is 27.7 Å². The Morgan fingerprint density at radius 2 is 1.00 bits per heavy atom. The molecule has 4 heteroatoms. The molecule has 0 N–H and O–H groups in total. The lowest BCUT2D eigenvalue weighted by Gasteiger charge is -2.36. The monoisotopic (exact) mass is 322 g/mol. The minimum atomic E-state index is 0.233. The average Bonchev–Trinajstić information content (AvgIpc) is 2.44. The first-order valence-electron chi connectivity index (χ1n) is 9.40. The molecular formula is C19H34N2O2. The highest BCUT2D eigenvalue weighted by atomic mass is 16.2. The second-order valence-corrected chi connectivity index (χ2v) is 8.34. The molecule has 2 heterocycles. The van der Waals surface area contributed by atoms with E-state index in [9.17, 15) is 9.59 Å². The van der Waals surface area contributed by atoms with Gasteiger partial charge in [-0.25, -0.2) is 0 Å². The maximum Gasteiger partial charge on any atom is 0.222 e. The van der Waals surface area contributed by atoms with Crippen LogP contribution < -0.4 is 0 Å². The van der Waals surface area contributed by atoms with Gasteiger partial charge < -0.3 is 9.80 Å². The molecule has 2 fully saturated rings. The molecule has 0 unspecified atom stereocenters. The lowest BCUT2D eigenvalue weighted by molar-refractivity contribution is -0.135. The molecule has 0 spiro atoms. The van der Waals surface area contributed by atoms with E-state index in [1.54, 1.807) is 0 Å². The van der Waals surface area contributed by atoms with Crippen molar-refractivity contribution in [2.75, 3.05) is 26.2 Å². The van der Waals surface area contributed by atoms with Gasteiger partial charge >= 0.3 is 0 Å². The Morgan fingerprint density at radius 1 is 0.696 bits per heavy atom. The minimum Gasteiger partial charge on any atom is -0.342 e. The summed E-state index contributed by atoms with van der Waals surface area (Å²) >= 11 is 0. The van der Waals surface area contributed by atoms with Crippen LogP contribution in [0.1, 0.15) is 59.8 Å². The summed E-state index contributed by atoms with van der Waals surface area (Å²) < 4.78 is 0. The number of likely N-dealkylation sites (tertiary alicyclic amines) is 2. The molecule has 132 valence electrons. The first kappa shape index (κ1) is 18.3. The van der Waals surface area contributed by atoms with E-state index in [-0.39, 0.29) is 11.8 Å². The van der Waals surface area contributed by atoms with Crippen LogP contribution in [0.25, 0.3) is 0 Å². The van der Waals surface area contributed by atoms with Crippen molar-refractivity contribution in [2.24, 2.45) is 23.7 Å². The molecule has 2 amide bonds. The van der Waals surface area contributed by atoms with E-state index in [4.69, 9.17) is 0 Å². The van der Waals surface area contributed by atoms with Crippen LogP contribution in [0.4, 0.5) is 0 Å². The lowest BCUT2D eigenvalue weighted by atomic mass is 9.91. The largest absolute Gasteiger partial charge is 0.342 e. The third kappa shape index (κ3) is 5.50. The number of carbonyl (C=O) groups is 2. The van der Waals surface area contributed by atoms with Crippen molar-refractivity contribution in [3.63, 3.8) is 0 Å². The average molecular weight is 322 g/mol. The third-order valence-electron chi connectivity index (χ3n) is 5.22. The number of amides is 2. The summed E-state index contributed by atoms with van der Waals surface area (Å²) in [5, 5.41) is 0. The van der Waals surface area contributed by atoms with E-state index in [0.29, 0.717) is 42.9 Å². The highest BCUT2D eigenvalue weighted by molar-refractivity contribution is 5.79. The van der Waals surface area contributed by atoms with Gasteiger partial charge in [0.2, 0.25) is 11.8 Å². The van der Waals surface area contributed by atoms with E-state index >= 15 is 0 Å². The maximum absolute atomic E-state index is 12.4. The molecule has 2 aliphatic heterocycles. The van der Waals surface area contributed by atoms with Crippen LogP contribution in [0.3, 0.4) is 0 Å². The van der Waals surface area contributed by atoms with Crippen molar-refractivity contribution >= 4 is 11.8 Å². The predicted octanol–water partition coefficient (Wildman–Crippen LogP) is 3.17. The number of hydrogen-bond acceptors (Lipinski definition) is 2. The topological polar surface area (TPSA) is 40.6 Å². The van der Waals surface area contributed by atoms with Crippen molar-refractivity contribution in [3.05, 3.63) is 0 Å². The van der Waals surface area contributed by atoms with Crippen LogP contribution in [0.15, 0.2) is 0 Å². The van der Waals surface area contributed by atoms with Gasteiger partial charge in [-0.3, -0.25) is 9.59 Å². The van der Waals surface area contributed by atoms with Gasteiger partial charge in [-0.05, 0) is 42.9 Å². The Kier molecular flexibility index (Phi) is 6.49. The van der Waals surface area contributed by atoms with Gasteiger partial charge in [-0.2, -0.15) is 0 Å². The smallest absolute Gasteiger partial charge is 0.222 e. The quantitative estimate of drug-likeness (QED) is 0.797. The van der Waals surface area contributed by atoms with Gasteiger partial charge in [0.05, 0.1) is 0 Å². The second-order valence-electron chi connectivity index (χ2n) is 8.34. The summed E-state index contributed by atoms with van der Waals surface area (Å²) in [5.74, 6) is 2.86. The molecule has 0 aromatic rings. The zero-order valence-corrected chi connectivity index (χ0v) is 15.4. The van der Waals surface area contributed by atoms with Crippen LogP contribution in [0, 0.1) is 23.7 Å². The van der Waals surface area contributed by atoms with E-state index in [1.807, 2.05) is 9.80 Å². The van der Waals surface area contributed by atoms with Crippen LogP contribution in [0.2, 0.25) is 0 Å². The summed E-state index contributed by atoms with van der Waals surface area (Å²) in [5.41, 5.74) is 0. The Morgan fingerprint density at radius 3 is 1.30 bits per heavy atom. The molecule has 0 bridgehead atoms. The van der Waals surface area contributed by atoms with Crippen LogP contribution >= 0.6 is 0 Å². The van der Waals surface area contributed by atoms with Crippen molar-refractivity contribution < 1.29 is 9.59 Å². The fraction of sp³-hybridized carbons (Fsp3) is 0.895. The summed E-state index contributed by atoms with van der Waals surface area (Å²) in [4.78, 5) is 28.7. The molecule has 0 aliphatic carbocycles. The molecular weight excluding hydrogens is 288 g/mol. The van der Waals surface area contributed by atoms with Gasteiger partial charge in [0, 0.05) is 39.0 Å². The first-order chi connectivity index (χ1) is 10.8. The van der Waals surface area contributed by atoms with Gasteiger partial charge in [-0.1, -0.05) is 27.7 Å². The zero-order valence-electron chi connectivity index (χ0n) is 15.4. The predicted molar refractivity (Wildman–Crippen MR) is 92.9 cm³/mol. The highest BCUT2D eigenvalue weighted by Crippen LogP contribution is 2.23. The van der Waals surface area contributed by atoms with Crippen LogP contribution in [-0.4, -0.2) is 47.8 Å². The van der Waals surface area contributed by atoms with Gasteiger partial charge in [-0.15, -0.1) is 0 Å². The Bertz CT molecular complexity index is 366. The Balaban J connectivity index is 1.71. The van der Waals surface area contributed by atoms with Crippen molar-refractivity contribution in [3.8, 4) is 0 Å². The van der Waals surface area contributed by atoms with E-state index < -0.39 is 0 Å². The highest BCUT2D eigenvalue weighted by Gasteiger charge is 2.27. The molecule has 2 saturated heterocycles. The molecule has 0 aromatic heterocycles. The summed E-state index contributed by atoms with van der Waals surface area (Å²) in [6.07, 6.45) is 4.16. The van der Waals surface area contributed by atoms with Crippen molar-refractivity contribution in [1.82, 2.24) is 9.80 Å². The molecule has 4 atom stereocenters. The molecule has 0 saturated carbocycles. The SMILES string of the molecule is C[C@H]1C[C@H](C)CN(C(=O)CCCC(=O)N2C[C@@H](C)C[C@H](C)C2)C1. The van der Waals surface area contributed by atoms with Crippen molar-refractivity contribution in [1.29, 1.82) is 0 Å². The Labute approximate surface area is 141 Å². The van der Waals surface area contributed by atoms with Gasteiger partial charge in [0.25, 0.3) is 0 Å². The lowest BCUT2D eigenvalue weighted by Crippen LogP contribution is -2.43. The van der Waals surface area contributed by atoms with Gasteiger partial charge in [0.15, 0.2) is 0 Å². The van der Waals surface area contributed by atoms with Gasteiger partial charge in [0.1, 0.15) is 0 Å².